The van der Waals surface area contributed by atoms with Crippen molar-refractivity contribution in [3.8, 4) is 0 Å². The van der Waals surface area contributed by atoms with Crippen LogP contribution in [0.15, 0.2) is 6.20 Å². The Hall–Kier alpha value is -1.36. The van der Waals surface area contributed by atoms with E-state index in [0.29, 0.717) is 18.9 Å². The molecule has 5 heteroatoms. The third-order valence-corrected chi connectivity index (χ3v) is 4.05. The summed E-state index contributed by atoms with van der Waals surface area (Å²) in [4.78, 5) is 12.0. The van der Waals surface area contributed by atoms with Crippen molar-refractivity contribution < 1.29 is 4.79 Å². The molecule has 0 aliphatic carbocycles. The fourth-order valence-electron chi connectivity index (χ4n) is 2.46. The van der Waals surface area contributed by atoms with Gasteiger partial charge in [-0.1, -0.05) is 13.3 Å². The number of aromatic nitrogens is 2. The minimum absolute atomic E-state index is 0.00536. The molecular weight excluding hydrogens is 252 g/mol. The van der Waals surface area contributed by atoms with Crippen LogP contribution in [0.4, 0.5) is 0 Å². The van der Waals surface area contributed by atoms with Gasteiger partial charge in [0, 0.05) is 24.7 Å². The Bertz CT molecular complexity index is 428. The van der Waals surface area contributed by atoms with Gasteiger partial charge in [-0.25, -0.2) is 0 Å². The van der Waals surface area contributed by atoms with Crippen molar-refractivity contribution in [2.75, 3.05) is 6.54 Å². The molecule has 0 radical (unpaired) electrons. The lowest BCUT2D eigenvalue weighted by atomic mass is 9.96. The molecule has 2 unspecified atom stereocenters. The SMILES string of the molecule is CCC(CCN)CCC(=O)NC(C)c1cnn(C)c1C. The van der Waals surface area contributed by atoms with E-state index < -0.39 is 0 Å². The maximum atomic E-state index is 12.0. The molecule has 1 amide bonds. The van der Waals surface area contributed by atoms with Crippen molar-refractivity contribution in [1.82, 2.24) is 15.1 Å². The molecule has 0 saturated carbocycles. The zero-order valence-corrected chi connectivity index (χ0v) is 13.1. The summed E-state index contributed by atoms with van der Waals surface area (Å²) in [6.45, 7) is 6.86. The largest absolute Gasteiger partial charge is 0.349 e. The second-order valence-electron chi connectivity index (χ2n) is 5.49. The third-order valence-electron chi connectivity index (χ3n) is 4.05. The van der Waals surface area contributed by atoms with Crippen molar-refractivity contribution in [2.45, 2.75) is 52.5 Å². The van der Waals surface area contributed by atoms with Gasteiger partial charge in [0.25, 0.3) is 0 Å². The molecule has 0 bridgehead atoms. The summed E-state index contributed by atoms with van der Waals surface area (Å²) in [6, 6.07) is 0.00536. The van der Waals surface area contributed by atoms with Crippen LogP contribution in [-0.2, 0) is 11.8 Å². The zero-order chi connectivity index (χ0) is 15.1. The Morgan fingerprint density at radius 3 is 2.70 bits per heavy atom. The lowest BCUT2D eigenvalue weighted by Gasteiger charge is -2.16. The minimum Gasteiger partial charge on any atom is -0.349 e. The van der Waals surface area contributed by atoms with Crippen LogP contribution in [0.3, 0.4) is 0 Å². The molecule has 3 N–H and O–H groups in total. The number of nitrogens with one attached hydrogen (secondary N) is 1. The Labute approximate surface area is 121 Å². The van der Waals surface area contributed by atoms with Crippen LogP contribution in [0.5, 0.6) is 0 Å². The summed E-state index contributed by atoms with van der Waals surface area (Å²) in [5.41, 5.74) is 7.75. The van der Waals surface area contributed by atoms with Crippen LogP contribution in [0.2, 0.25) is 0 Å². The van der Waals surface area contributed by atoms with E-state index in [1.165, 1.54) is 0 Å². The fourth-order valence-corrected chi connectivity index (χ4v) is 2.46. The molecule has 1 aromatic heterocycles. The number of aryl methyl sites for hydroxylation is 1. The summed E-state index contributed by atoms with van der Waals surface area (Å²) >= 11 is 0. The van der Waals surface area contributed by atoms with E-state index in [1.54, 1.807) is 0 Å². The van der Waals surface area contributed by atoms with Crippen LogP contribution in [0.25, 0.3) is 0 Å². The van der Waals surface area contributed by atoms with Crippen LogP contribution in [0, 0.1) is 12.8 Å². The molecule has 0 aromatic carbocycles. The number of carbonyl (C=O) groups is 1. The van der Waals surface area contributed by atoms with E-state index in [1.807, 2.05) is 31.8 Å². The second kappa shape index (κ2) is 8.04. The second-order valence-corrected chi connectivity index (χ2v) is 5.49. The van der Waals surface area contributed by atoms with Crippen molar-refractivity contribution >= 4 is 5.91 Å². The third kappa shape index (κ3) is 4.63. The predicted octanol–water partition coefficient (Wildman–Crippen LogP) is 2.06. The first-order valence-electron chi connectivity index (χ1n) is 7.47. The van der Waals surface area contributed by atoms with Crippen molar-refractivity contribution in [3.63, 3.8) is 0 Å². The predicted molar refractivity (Wildman–Crippen MR) is 81.2 cm³/mol. The van der Waals surface area contributed by atoms with Crippen LogP contribution in [0.1, 0.15) is 56.8 Å². The van der Waals surface area contributed by atoms with Crippen LogP contribution in [-0.4, -0.2) is 22.2 Å². The number of carbonyl (C=O) groups excluding carboxylic acids is 1. The van der Waals surface area contributed by atoms with Gasteiger partial charge in [0.1, 0.15) is 0 Å². The molecule has 0 spiro atoms. The highest BCUT2D eigenvalue weighted by Crippen LogP contribution is 2.18. The Morgan fingerprint density at radius 2 is 2.20 bits per heavy atom. The summed E-state index contributed by atoms with van der Waals surface area (Å²) in [7, 11) is 1.91. The van der Waals surface area contributed by atoms with Gasteiger partial charge in [0.15, 0.2) is 0 Å². The number of nitrogens with zero attached hydrogens (tertiary/aromatic N) is 2. The molecule has 0 fully saturated rings. The summed E-state index contributed by atoms with van der Waals surface area (Å²) in [6.07, 6.45) is 5.40. The first kappa shape index (κ1) is 16.7. The van der Waals surface area contributed by atoms with Gasteiger partial charge in [0.05, 0.1) is 12.2 Å². The Morgan fingerprint density at radius 1 is 1.50 bits per heavy atom. The van der Waals surface area contributed by atoms with E-state index in [0.717, 1.165) is 30.5 Å². The highest BCUT2D eigenvalue weighted by Gasteiger charge is 2.15. The van der Waals surface area contributed by atoms with Crippen molar-refractivity contribution in [1.29, 1.82) is 0 Å². The normalized spacial score (nSPS) is 14.1. The molecule has 1 rings (SSSR count). The highest BCUT2D eigenvalue weighted by atomic mass is 16.1. The molecule has 2 atom stereocenters. The summed E-state index contributed by atoms with van der Waals surface area (Å²) < 4.78 is 1.83. The molecule has 1 aromatic rings. The Balaban J connectivity index is 2.44. The van der Waals surface area contributed by atoms with Crippen LogP contribution < -0.4 is 11.1 Å². The van der Waals surface area contributed by atoms with Gasteiger partial charge in [0.2, 0.25) is 5.91 Å². The molecule has 0 aliphatic heterocycles. The molecule has 0 aliphatic rings. The fraction of sp³-hybridized carbons (Fsp3) is 0.733. The standard InChI is InChI=1S/C15H28N4O/c1-5-13(8-9-16)6-7-15(20)18-11(2)14-10-17-19(4)12(14)3/h10-11,13H,5-9,16H2,1-4H3,(H,18,20). The number of nitrogens with two attached hydrogens (primary N) is 1. The lowest BCUT2D eigenvalue weighted by Crippen LogP contribution is -2.27. The number of hydrogen-bond acceptors (Lipinski definition) is 3. The molecule has 5 nitrogen and oxygen atoms in total. The van der Waals surface area contributed by atoms with E-state index in [4.69, 9.17) is 5.73 Å². The summed E-state index contributed by atoms with van der Waals surface area (Å²) in [5, 5.41) is 7.26. The van der Waals surface area contributed by atoms with Crippen LogP contribution >= 0.6 is 0 Å². The van der Waals surface area contributed by atoms with Gasteiger partial charge in [-0.3, -0.25) is 9.48 Å². The van der Waals surface area contributed by atoms with E-state index >= 15 is 0 Å². The maximum absolute atomic E-state index is 12.0. The number of rotatable bonds is 8. The highest BCUT2D eigenvalue weighted by molar-refractivity contribution is 5.76. The minimum atomic E-state index is 0.00536. The van der Waals surface area contributed by atoms with E-state index in [9.17, 15) is 4.79 Å². The smallest absolute Gasteiger partial charge is 0.220 e. The monoisotopic (exact) mass is 280 g/mol. The average molecular weight is 280 g/mol. The molecule has 114 valence electrons. The van der Waals surface area contributed by atoms with E-state index in [-0.39, 0.29) is 11.9 Å². The maximum Gasteiger partial charge on any atom is 0.220 e. The van der Waals surface area contributed by atoms with Gasteiger partial charge < -0.3 is 11.1 Å². The first-order chi connectivity index (χ1) is 9.49. The van der Waals surface area contributed by atoms with Crippen molar-refractivity contribution in [2.24, 2.45) is 18.7 Å². The van der Waals surface area contributed by atoms with Gasteiger partial charge >= 0.3 is 0 Å². The topological polar surface area (TPSA) is 72.9 Å². The molecular formula is C15H28N4O. The average Bonchev–Trinajstić information content (AvgIpc) is 2.75. The first-order valence-corrected chi connectivity index (χ1v) is 7.47. The lowest BCUT2D eigenvalue weighted by molar-refractivity contribution is -0.122. The van der Waals surface area contributed by atoms with Gasteiger partial charge in [-0.2, -0.15) is 5.10 Å². The zero-order valence-electron chi connectivity index (χ0n) is 13.1. The molecule has 0 saturated heterocycles. The van der Waals surface area contributed by atoms with E-state index in [2.05, 4.69) is 17.3 Å². The number of amides is 1. The van der Waals surface area contributed by atoms with Gasteiger partial charge in [-0.15, -0.1) is 0 Å². The quantitative estimate of drug-likeness (QED) is 0.765. The molecule has 1 heterocycles. The number of hydrogen-bond donors (Lipinski definition) is 2. The molecule has 20 heavy (non-hydrogen) atoms. The Kier molecular flexibility index (Phi) is 6.71. The summed E-state index contributed by atoms with van der Waals surface area (Å²) in [5.74, 6) is 0.664. The van der Waals surface area contributed by atoms with Crippen molar-refractivity contribution in [3.05, 3.63) is 17.5 Å². The van der Waals surface area contributed by atoms with Gasteiger partial charge in [-0.05, 0) is 39.2 Å².